The number of ether oxygens (including phenoxy) is 4. The minimum absolute atomic E-state index is 0.0623. The van der Waals surface area contributed by atoms with Gasteiger partial charge in [-0.3, -0.25) is 14.6 Å². The number of urea groups is 1. The van der Waals surface area contributed by atoms with Gasteiger partial charge in [0.05, 0.1) is 32.0 Å². The van der Waals surface area contributed by atoms with Crippen LogP contribution in [0.4, 0.5) is 25.0 Å². The van der Waals surface area contributed by atoms with Crippen molar-refractivity contribution in [1.82, 2.24) is 9.88 Å². The van der Waals surface area contributed by atoms with Gasteiger partial charge in [0.1, 0.15) is 17.5 Å². The van der Waals surface area contributed by atoms with Crippen LogP contribution >= 0.6 is 0 Å². The molecular formula is C31H28F2N4O7. The number of hydrogen-bond donors (Lipinski definition) is 1. The van der Waals surface area contributed by atoms with Crippen LogP contribution in [0.3, 0.4) is 0 Å². The Kier molecular flexibility index (Phi) is 8.86. The van der Waals surface area contributed by atoms with Gasteiger partial charge in [-0.2, -0.15) is 0 Å². The molecule has 1 atom stereocenters. The molecular weight excluding hydrogens is 578 g/mol. The van der Waals surface area contributed by atoms with Crippen LogP contribution in [0.25, 0.3) is 10.9 Å². The summed E-state index contributed by atoms with van der Waals surface area (Å²) in [7, 11) is 4.44. The Bertz CT molecular complexity index is 1720. The van der Waals surface area contributed by atoms with E-state index < -0.39 is 35.4 Å². The molecule has 4 aromatic rings. The molecule has 1 aliphatic rings. The number of fused-ring (bicyclic) bond motifs is 1. The molecule has 1 saturated heterocycles. The second-order valence-corrected chi connectivity index (χ2v) is 9.69. The minimum Gasteiger partial charge on any atom is -0.493 e. The van der Waals surface area contributed by atoms with E-state index in [-0.39, 0.29) is 36.8 Å². The SMILES string of the molecule is COCCN1CC(C(=O)Nc2ccc(Oc3ccnc4cc(OC)c(OC)cc34)c(F)c2)C(=O)N(c2ccc(F)cc2)C1=O. The molecule has 11 nitrogen and oxygen atoms in total. The Morgan fingerprint density at radius 2 is 1.66 bits per heavy atom. The molecule has 228 valence electrons. The van der Waals surface area contributed by atoms with Crippen molar-refractivity contribution in [3.8, 4) is 23.0 Å². The number of methoxy groups -OCH3 is 3. The van der Waals surface area contributed by atoms with Crippen molar-refractivity contribution in [2.45, 2.75) is 0 Å². The predicted molar refractivity (Wildman–Crippen MR) is 156 cm³/mol. The maximum absolute atomic E-state index is 15.2. The van der Waals surface area contributed by atoms with E-state index in [9.17, 15) is 18.8 Å². The lowest BCUT2D eigenvalue weighted by atomic mass is 10.0. The molecule has 3 aromatic carbocycles. The number of rotatable bonds is 10. The van der Waals surface area contributed by atoms with Gasteiger partial charge in [-0.1, -0.05) is 0 Å². The summed E-state index contributed by atoms with van der Waals surface area (Å²) in [5, 5.41) is 3.10. The summed E-state index contributed by atoms with van der Waals surface area (Å²) in [5.74, 6) is -3.14. The van der Waals surface area contributed by atoms with E-state index in [1.807, 2.05) is 0 Å². The average Bonchev–Trinajstić information content (AvgIpc) is 3.02. The average molecular weight is 607 g/mol. The van der Waals surface area contributed by atoms with Crippen molar-refractivity contribution in [2.24, 2.45) is 5.92 Å². The zero-order valence-electron chi connectivity index (χ0n) is 24.0. The van der Waals surface area contributed by atoms with E-state index in [1.54, 1.807) is 18.2 Å². The Labute approximate surface area is 250 Å². The van der Waals surface area contributed by atoms with Crippen molar-refractivity contribution in [1.29, 1.82) is 0 Å². The molecule has 0 bridgehead atoms. The topological polar surface area (TPSA) is 120 Å². The zero-order chi connectivity index (χ0) is 31.4. The highest BCUT2D eigenvalue weighted by Crippen LogP contribution is 2.37. The summed E-state index contributed by atoms with van der Waals surface area (Å²) in [6, 6.07) is 12.8. The molecule has 0 aliphatic carbocycles. The van der Waals surface area contributed by atoms with E-state index in [0.29, 0.717) is 28.2 Å². The number of nitrogens with one attached hydrogen (secondary N) is 1. The number of imide groups is 1. The first-order valence-electron chi connectivity index (χ1n) is 13.4. The maximum Gasteiger partial charge on any atom is 0.331 e. The van der Waals surface area contributed by atoms with Crippen molar-refractivity contribution >= 4 is 40.1 Å². The van der Waals surface area contributed by atoms with Crippen molar-refractivity contribution in [3.63, 3.8) is 0 Å². The highest BCUT2D eigenvalue weighted by molar-refractivity contribution is 6.23. The standard InChI is InChI=1S/C31H28F2N4O7/c1-41-13-12-36-17-22(30(39)37(31(36)40)20-7-4-18(32)5-8-20)29(38)35-19-6-9-26(23(33)14-19)44-25-10-11-34-24-16-28(43-3)27(42-2)15-21(24)25/h4-11,14-16,22H,12-13,17H2,1-3H3,(H,35,38). The zero-order valence-corrected chi connectivity index (χ0v) is 24.0. The molecule has 1 unspecified atom stereocenters. The van der Waals surface area contributed by atoms with Crippen molar-refractivity contribution in [3.05, 3.63) is 78.5 Å². The van der Waals surface area contributed by atoms with Crippen LogP contribution in [-0.4, -0.2) is 68.8 Å². The first kappa shape index (κ1) is 30.2. The Balaban J connectivity index is 1.36. The Morgan fingerprint density at radius 1 is 0.932 bits per heavy atom. The molecule has 5 rings (SSSR count). The number of carbonyl (C=O) groups is 3. The number of benzene rings is 3. The van der Waals surface area contributed by atoms with E-state index in [4.69, 9.17) is 18.9 Å². The van der Waals surface area contributed by atoms with Crippen LogP contribution in [0.5, 0.6) is 23.0 Å². The first-order valence-corrected chi connectivity index (χ1v) is 13.4. The normalized spacial score (nSPS) is 15.0. The van der Waals surface area contributed by atoms with Gasteiger partial charge < -0.3 is 29.2 Å². The number of pyridine rings is 1. The third-order valence-electron chi connectivity index (χ3n) is 6.98. The number of hydrogen-bond acceptors (Lipinski definition) is 8. The number of halogens is 2. The molecule has 2 heterocycles. The minimum atomic E-state index is -1.33. The van der Waals surface area contributed by atoms with Gasteiger partial charge in [0.25, 0.3) is 0 Å². The summed E-state index contributed by atoms with van der Waals surface area (Å²) < 4.78 is 50.3. The number of carbonyl (C=O) groups excluding carboxylic acids is 3. The van der Waals surface area contributed by atoms with Gasteiger partial charge in [-0.15, -0.1) is 0 Å². The predicted octanol–water partition coefficient (Wildman–Crippen LogP) is 4.99. The highest BCUT2D eigenvalue weighted by atomic mass is 19.1. The second-order valence-electron chi connectivity index (χ2n) is 9.69. The largest absolute Gasteiger partial charge is 0.493 e. The van der Waals surface area contributed by atoms with Crippen LogP contribution in [0.1, 0.15) is 0 Å². The van der Waals surface area contributed by atoms with E-state index in [0.717, 1.165) is 23.1 Å². The quantitative estimate of drug-likeness (QED) is 0.251. The van der Waals surface area contributed by atoms with Gasteiger partial charge >= 0.3 is 6.03 Å². The summed E-state index contributed by atoms with van der Waals surface area (Å²) in [5.41, 5.74) is 0.704. The fraction of sp³-hybridized carbons (Fsp3) is 0.226. The van der Waals surface area contributed by atoms with Crippen LogP contribution in [-0.2, 0) is 14.3 Å². The molecule has 0 spiro atoms. The smallest absolute Gasteiger partial charge is 0.331 e. The summed E-state index contributed by atoms with van der Waals surface area (Å²) in [6.07, 6.45) is 1.51. The molecule has 1 aliphatic heterocycles. The maximum atomic E-state index is 15.2. The molecule has 1 N–H and O–H groups in total. The fourth-order valence-electron chi connectivity index (χ4n) is 4.73. The van der Waals surface area contributed by atoms with Crippen LogP contribution in [0.15, 0.2) is 66.9 Å². The number of nitrogens with zero attached hydrogens (tertiary/aromatic N) is 3. The van der Waals surface area contributed by atoms with Gasteiger partial charge in [-0.05, 0) is 48.5 Å². The lowest BCUT2D eigenvalue weighted by molar-refractivity contribution is -0.132. The summed E-state index contributed by atoms with van der Waals surface area (Å²) in [4.78, 5) is 46.2. The van der Waals surface area contributed by atoms with E-state index in [2.05, 4.69) is 10.3 Å². The second kappa shape index (κ2) is 12.9. The van der Waals surface area contributed by atoms with Crippen LogP contribution in [0.2, 0.25) is 0 Å². The lowest BCUT2D eigenvalue weighted by Gasteiger charge is -2.37. The van der Waals surface area contributed by atoms with Gasteiger partial charge in [0, 0.05) is 49.6 Å². The van der Waals surface area contributed by atoms with Gasteiger partial charge in [0.15, 0.2) is 23.1 Å². The lowest BCUT2D eigenvalue weighted by Crippen LogP contribution is -2.60. The van der Waals surface area contributed by atoms with Crippen LogP contribution < -0.4 is 24.4 Å². The molecule has 1 aromatic heterocycles. The number of aromatic nitrogens is 1. The third kappa shape index (κ3) is 6.08. The Morgan fingerprint density at radius 3 is 2.34 bits per heavy atom. The van der Waals surface area contributed by atoms with E-state index in [1.165, 1.54) is 56.7 Å². The first-order chi connectivity index (χ1) is 21.2. The molecule has 13 heteroatoms. The highest BCUT2D eigenvalue weighted by Gasteiger charge is 2.43. The number of amides is 4. The number of anilines is 2. The van der Waals surface area contributed by atoms with E-state index >= 15 is 4.39 Å². The van der Waals surface area contributed by atoms with Gasteiger partial charge in [0.2, 0.25) is 11.8 Å². The van der Waals surface area contributed by atoms with Crippen LogP contribution in [0, 0.1) is 17.6 Å². The molecule has 1 fully saturated rings. The van der Waals surface area contributed by atoms with Gasteiger partial charge in [-0.25, -0.2) is 18.5 Å². The van der Waals surface area contributed by atoms with Crippen molar-refractivity contribution < 1.29 is 42.1 Å². The molecule has 4 amide bonds. The molecule has 44 heavy (non-hydrogen) atoms. The van der Waals surface area contributed by atoms with Crippen molar-refractivity contribution in [2.75, 3.05) is 51.2 Å². The fourth-order valence-corrected chi connectivity index (χ4v) is 4.73. The third-order valence-corrected chi connectivity index (χ3v) is 6.98. The monoisotopic (exact) mass is 606 g/mol. The summed E-state index contributed by atoms with van der Waals surface area (Å²) >= 11 is 0. The molecule has 0 radical (unpaired) electrons. The Hall–Kier alpha value is -5.30. The summed E-state index contributed by atoms with van der Waals surface area (Å²) in [6.45, 7) is 0.0377. The molecule has 0 saturated carbocycles.